The lowest BCUT2D eigenvalue weighted by molar-refractivity contribution is -0.142. The van der Waals surface area contributed by atoms with Gasteiger partial charge in [-0.05, 0) is 195 Å². The molecular weight excluding hydrogens is 1230 g/mol. The Kier molecular flexibility index (Phi) is 19.2. The molecule has 4 heterocycles. The number of nitrogens with zero attached hydrogens (tertiary/aromatic N) is 4. The van der Waals surface area contributed by atoms with Crippen LogP contribution in [0.3, 0.4) is 0 Å². The van der Waals surface area contributed by atoms with E-state index in [1.807, 2.05) is 24.3 Å². The predicted octanol–water partition coefficient (Wildman–Crippen LogP) is 8.43. The number of halogens is 2. The van der Waals surface area contributed by atoms with Gasteiger partial charge in [-0.25, -0.2) is 9.44 Å². The quantitative estimate of drug-likeness (QED) is 0.0405. The molecule has 4 aromatic rings. The first-order chi connectivity index (χ1) is 43.0. The van der Waals surface area contributed by atoms with Crippen molar-refractivity contribution in [2.45, 2.75) is 124 Å². The minimum atomic E-state index is -4.08. The molecule has 2 spiro atoms. The molecule has 2 saturated heterocycles. The molecule has 90 heavy (non-hydrogen) atoms. The zero-order valence-corrected chi connectivity index (χ0v) is 54.1. The summed E-state index contributed by atoms with van der Waals surface area (Å²) in [5.41, 5.74) is 2.10. The van der Waals surface area contributed by atoms with Crippen molar-refractivity contribution in [3.05, 3.63) is 167 Å². The van der Waals surface area contributed by atoms with E-state index >= 15 is 0 Å². The molecule has 18 nitrogen and oxygen atoms in total. The molecule has 0 bridgehead atoms. The predicted molar refractivity (Wildman–Crippen MR) is 349 cm³/mol. The molecule has 8 aliphatic rings. The molecular formula is C68H84Cl2N6O12S2. The van der Waals surface area contributed by atoms with Gasteiger partial charge in [0.2, 0.25) is 0 Å². The lowest BCUT2D eigenvalue weighted by atomic mass is 9.68. The van der Waals surface area contributed by atoms with Crippen molar-refractivity contribution in [2.24, 2.45) is 23.7 Å². The number of unbranched alkanes of at least 4 members (excludes halogenated alkanes) is 2. The standard InChI is InChI=1S/2C34H42ClN3O6S/c2*1-3-5-6-16-38-21-34(41,32(40)36-45(38,42)43)25-10-14-31-29(18-25)37(19-24-9-12-27(24)30(39)4-2)20-33(22-44-31)15-7-8-23-17-26(35)11-13-28(23)33/h2*3-4,10-11,13-14,17-18,24,27,30,39,41H,1-2,5-9,12,15-16,19-22H2,(H,36,40)/t24-,27+,30-,33-,34+;24-,27+,30-,33-,34-/m00/s1. The Labute approximate surface area is 539 Å². The molecule has 10 atom stereocenters. The Morgan fingerprint density at radius 1 is 0.589 bits per heavy atom. The van der Waals surface area contributed by atoms with Gasteiger partial charge in [0.15, 0.2) is 11.2 Å². The Morgan fingerprint density at radius 3 is 1.37 bits per heavy atom. The number of fused-ring (bicyclic) bond motifs is 6. The lowest BCUT2D eigenvalue weighted by Crippen LogP contribution is -2.62. The van der Waals surface area contributed by atoms with Gasteiger partial charge in [-0.15, -0.1) is 26.3 Å². The van der Waals surface area contributed by atoms with Crippen LogP contribution in [0.15, 0.2) is 123 Å². The van der Waals surface area contributed by atoms with Crippen LogP contribution in [-0.2, 0) is 64.9 Å². The summed E-state index contributed by atoms with van der Waals surface area (Å²) in [6.45, 7) is 17.9. The van der Waals surface area contributed by atoms with Gasteiger partial charge in [-0.3, -0.25) is 9.59 Å². The molecule has 4 aliphatic carbocycles. The molecule has 22 heteroatoms. The van der Waals surface area contributed by atoms with Crippen molar-refractivity contribution in [3.8, 4) is 11.5 Å². The van der Waals surface area contributed by atoms with E-state index < -0.39 is 68.7 Å². The summed E-state index contributed by atoms with van der Waals surface area (Å²) >= 11 is 12.8. The second-order valence-corrected chi connectivity index (χ2v) is 30.4. The highest BCUT2D eigenvalue weighted by molar-refractivity contribution is 7.88. The second-order valence-electron chi connectivity index (χ2n) is 26.2. The summed E-state index contributed by atoms with van der Waals surface area (Å²) in [7, 11) is -8.16. The van der Waals surface area contributed by atoms with Crippen LogP contribution >= 0.6 is 23.2 Å². The average molecular weight is 1310 g/mol. The summed E-state index contributed by atoms with van der Waals surface area (Å²) < 4.78 is 70.7. The van der Waals surface area contributed by atoms with Crippen molar-refractivity contribution < 1.29 is 56.3 Å². The van der Waals surface area contributed by atoms with Crippen molar-refractivity contribution in [1.29, 1.82) is 0 Å². The van der Waals surface area contributed by atoms with Crippen molar-refractivity contribution >= 4 is 66.8 Å². The number of hydrogen-bond donors (Lipinski definition) is 6. The van der Waals surface area contributed by atoms with E-state index in [9.17, 15) is 46.9 Å². The maximum absolute atomic E-state index is 13.2. The maximum Gasteiger partial charge on any atom is 0.304 e. The summed E-state index contributed by atoms with van der Waals surface area (Å²) in [4.78, 5) is 31.0. The van der Waals surface area contributed by atoms with Gasteiger partial charge in [0.05, 0.1) is 49.9 Å². The van der Waals surface area contributed by atoms with Crippen LogP contribution in [0.1, 0.15) is 110 Å². The molecule has 6 N–H and O–H groups in total. The first-order valence-electron chi connectivity index (χ1n) is 31.5. The third kappa shape index (κ3) is 12.8. The number of carbonyl (C=O) groups excluding carboxylic acids is 2. The zero-order valence-electron chi connectivity index (χ0n) is 50.9. The summed E-state index contributed by atoms with van der Waals surface area (Å²) in [6, 6.07) is 22.6. The fourth-order valence-electron chi connectivity index (χ4n) is 15.2. The van der Waals surface area contributed by atoms with Gasteiger partial charge in [0, 0.05) is 60.1 Å². The maximum atomic E-state index is 13.2. The van der Waals surface area contributed by atoms with Gasteiger partial charge in [0.25, 0.3) is 11.8 Å². The Morgan fingerprint density at radius 2 is 1.00 bits per heavy atom. The number of allylic oxidation sites excluding steroid dienone is 2. The van der Waals surface area contributed by atoms with E-state index in [1.54, 1.807) is 60.7 Å². The number of aliphatic hydroxyl groups excluding tert-OH is 2. The van der Waals surface area contributed by atoms with Gasteiger partial charge in [-0.2, -0.15) is 25.4 Å². The fourth-order valence-corrected chi connectivity index (χ4v) is 18.1. The zero-order chi connectivity index (χ0) is 64.0. The number of ether oxygens (including phenoxy) is 2. The third-order valence-corrected chi connectivity index (χ3v) is 23.9. The summed E-state index contributed by atoms with van der Waals surface area (Å²) in [5.74, 6) is -0.0885. The number of anilines is 2. The lowest BCUT2D eigenvalue weighted by Gasteiger charge is -2.45. The number of benzene rings is 4. The minimum Gasteiger partial charge on any atom is -0.490 e. The van der Waals surface area contributed by atoms with Gasteiger partial charge < -0.3 is 39.7 Å². The van der Waals surface area contributed by atoms with Crippen LogP contribution in [0.5, 0.6) is 11.5 Å². The number of nitrogens with one attached hydrogen (secondary N) is 2. The molecule has 2 saturated carbocycles. The molecule has 484 valence electrons. The molecule has 2 amide bonds. The summed E-state index contributed by atoms with van der Waals surface area (Å²) in [6.07, 6.45) is 17.1. The first-order valence-corrected chi connectivity index (χ1v) is 35.2. The Balaban J connectivity index is 0.000000185. The van der Waals surface area contributed by atoms with Crippen molar-refractivity contribution in [3.63, 3.8) is 0 Å². The number of aryl methyl sites for hydroxylation is 2. The van der Waals surface area contributed by atoms with Crippen molar-refractivity contribution in [2.75, 3.05) is 75.4 Å². The average Bonchev–Trinajstić information content (AvgIpc) is 1.30. The SMILES string of the molecule is C=CCCCN1C[C@@](O)(c2ccc3c(c2)N(C[C@@H]2CC[C@H]2[C@@H](O)C=C)C[C@@]2(CCCc4cc(Cl)ccc42)CO3)C(=O)NS1(=O)=O.C=CCCCN1C[C@](O)(c2ccc3c(c2)N(C[C@@H]2CC[C@H]2[C@@H](O)C=C)C[C@@]2(CCCc4cc(Cl)ccc42)CO3)C(=O)NS1(=O)=O. The fraction of sp³-hybridized carbons (Fsp3) is 0.500. The largest absolute Gasteiger partial charge is 0.490 e. The smallest absolute Gasteiger partial charge is 0.304 e. The van der Waals surface area contributed by atoms with Gasteiger partial charge in [-0.1, -0.05) is 71.8 Å². The van der Waals surface area contributed by atoms with Crippen LogP contribution in [0.25, 0.3) is 0 Å². The Hall–Kier alpha value is -5.78. The molecule has 0 unspecified atom stereocenters. The van der Waals surface area contributed by atoms with E-state index in [0.29, 0.717) is 97.7 Å². The van der Waals surface area contributed by atoms with E-state index in [2.05, 4.69) is 57.7 Å². The second kappa shape index (κ2) is 26.3. The van der Waals surface area contributed by atoms with Crippen LogP contribution in [0.4, 0.5) is 11.4 Å². The molecule has 4 fully saturated rings. The van der Waals surface area contributed by atoms with E-state index in [1.165, 1.54) is 22.3 Å². The van der Waals surface area contributed by atoms with Crippen molar-refractivity contribution in [1.82, 2.24) is 18.1 Å². The van der Waals surface area contributed by atoms with Crippen LogP contribution in [0.2, 0.25) is 10.0 Å². The topological polar surface area (TPSA) is 239 Å². The number of rotatable bonds is 18. The molecule has 0 radical (unpaired) electrons. The van der Waals surface area contributed by atoms with Crippen LogP contribution in [0, 0.1) is 23.7 Å². The number of carbonyl (C=O) groups is 2. The van der Waals surface area contributed by atoms with Crippen LogP contribution in [-0.4, -0.2) is 135 Å². The molecule has 4 aromatic carbocycles. The number of amides is 2. The van der Waals surface area contributed by atoms with Gasteiger partial charge in [0.1, 0.15) is 11.5 Å². The number of hydrogen-bond acceptors (Lipinski definition) is 14. The molecule has 12 rings (SSSR count). The normalized spacial score (nSPS) is 29.8. The monoisotopic (exact) mass is 1310 g/mol. The van der Waals surface area contributed by atoms with Gasteiger partial charge >= 0.3 is 20.4 Å². The third-order valence-electron chi connectivity index (χ3n) is 20.6. The van der Waals surface area contributed by atoms with Crippen LogP contribution < -0.4 is 28.7 Å². The van der Waals surface area contributed by atoms with E-state index in [4.69, 9.17) is 32.7 Å². The molecule has 4 aliphatic heterocycles. The Bertz CT molecular complexity index is 3440. The minimum absolute atomic E-state index is 0.0920. The highest BCUT2D eigenvalue weighted by atomic mass is 35.5. The number of aliphatic hydroxyl groups is 4. The molecule has 0 aromatic heterocycles. The van der Waals surface area contributed by atoms with E-state index in [0.717, 1.165) is 84.2 Å². The highest BCUT2D eigenvalue weighted by Crippen LogP contribution is 2.50. The summed E-state index contributed by atoms with van der Waals surface area (Å²) in [5, 5.41) is 46.4. The number of β-amino-alcohol motifs (C(OH)–C–C–N with tert-alkyl or cyclic N) is 2. The first kappa shape index (κ1) is 65.7. The van der Waals surface area contributed by atoms with E-state index in [-0.39, 0.29) is 47.6 Å². The highest BCUT2D eigenvalue weighted by Gasteiger charge is 2.53.